The quantitative estimate of drug-likeness (QED) is 0.807. The van der Waals surface area contributed by atoms with Crippen molar-refractivity contribution < 1.29 is 18.0 Å². The van der Waals surface area contributed by atoms with Crippen LogP contribution in [0.25, 0.3) is 0 Å². The lowest BCUT2D eigenvalue weighted by Gasteiger charge is -2.18. The number of carbonyl (C=O) groups excluding carboxylic acids is 1. The van der Waals surface area contributed by atoms with E-state index < -0.39 is 17.1 Å². The maximum atomic E-state index is 12.5. The average Bonchev–Trinajstić information content (AvgIpc) is 3.03. The molecule has 0 aliphatic carbocycles. The van der Waals surface area contributed by atoms with Crippen molar-refractivity contribution in [1.29, 1.82) is 0 Å². The van der Waals surface area contributed by atoms with E-state index in [2.05, 4.69) is 4.98 Å². The zero-order valence-electron chi connectivity index (χ0n) is 10.8. The number of alkyl halides is 3. The van der Waals surface area contributed by atoms with Crippen molar-refractivity contribution in [3.05, 3.63) is 37.4 Å². The molecule has 0 fully saturated rings. The van der Waals surface area contributed by atoms with Gasteiger partial charge in [-0.25, -0.2) is 4.98 Å². The Morgan fingerprint density at radius 2 is 2.14 bits per heavy atom. The molecule has 0 N–H and O–H groups in total. The minimum absolute atomic E-state index is 0.183. The number of thiazole rings is 1. The number of aromatic nitrogens is 1. The van der Waals surface area contributed by atoms with E-state index in [9.17, 15) is 18.0 Å². The molecule has 1 amide bonds. The Labute approximate surface area is 132 Å². The van der Waals surface area contributed by atoms with Crippen molar-refractivity contribution in [2.24, 2.45) is 0 Å². The van der Waals surface area contributed by atoms with E-state index in [1.807, 2.05) is 0 Å². The maximum absolute atomic E-state index is 12.5. The highest BCUT2D eigenvalue weighted by atomic mass is 35.5. The molecule has 2 aromatic rings. The third-order valence-corrected chi connectivity index (χ3v) is 4.71. The lowest BCUT2D eigenvalue weighted by molar-refractivity contribution is -0.137. The molecule has 0 saturated carbocycles. The molecule has 0 bridgehead atoms. The molecule has 2 aromatic heterocycles. The maximum Gasteiger partial charge on any atom is 0.443 e. The summed E-state index contributed by atoms with van der Waals surface area (Å²) < 4.78 is 38.1. The molecular formula is C12H10ClF3N2OS2. The Kier molecular flexibility index (Phi) is 4.90. The van der Waals surface area contributed by atoms with Crippen molar-refractivity contribution in [2.45, 2.75) is 19.6 Å². The first-order valence-electron chi connectivity index (χ1n) is 5.87. The highest BCUT2D eigenvalue weighted by Crippen LogP contribution is 2.32. The topological polar surface area (TPSA) is 33.2 Å². The summed E-state index contributed by atoms with van der Waals surface area (Å²) in [6.07, 6.45) is -4.53. The lowest BCUT2D eigenvalue weighted by atomic mass is 10.3. The standard InChI is InChI=1S/C12H10ClF3N2OS2/c1-2-18(5-7-3-4-9(13)21-7)10(19)8-6-20-11(17-8)12(14,15)16/h3-4,6H,2,5H2,1H3. The molecule has 0 aromatic carbocycles. The average molecular weight is 355 g/mol. The van der Waals surface area contributed by atoms with Crippen molar-refractivity contribution in [1.82, 2.24) is 9.88 Å². The number of hydrogen-bond donors (Lipinski definition) is 0. The van der Waals surface area contributed by atoms with Gasteiger partial charge in [0, 0.05) is 16.8 Å². The van der Waals surface area contributed by atoms with E-state index >= 15 is 0 Å². The zero-order valence-corrected chi connectivity index (χ0v) is 13.2. The summed E-state index contributed by atoms with van der Waals surface area (Å²) >= 11 is 7.56. The van der Waals surface area contributed by atoms with Crippen LogP contribution in [0.15, 0.2) is 17.5 Å². The van der Waals surface area contributed by atoms with Gasteiger partial charge in [0.2, 0.25) is 0 Å². The number of amides is 1. The molecule has 21 heavy (non-hydrogen) atoms. The van der Waals surface area contributed by atoms with Crippen molar-refractivity contribution >= 4 is 40.2 Å². The SMILES string of the molecule is CCN(Cc1ccc(Cl)s1)C(=O)c1csc(C(F)(F)F)n1. The molecule has 114 valence electrons. The van der Waals surface area contributed by atoms with Crippen molar-refractivity contribution in [2.75, 3.05) is 6.54 Å². The van der Waals surface area contributed by atoms with Crippen LogP contribution in [-0.2, 0) is 12.7 Å². The fraction of sp³-hybridized carbons (Fsp3) is 0.333. The Balaban J connectivity index is 2.14. The van der Waals surface area contributed by atoms with Crippen LogP contribution < -0.4 is 0 Å². The van der Waals surface area contributed by atoms with Crippen molar-refractivity contribution in [3.8, 4) is 0 Å². The molecular weight excluding hydrogens is 345 g/mol. The second-order valence-electron chi connectivity index (χ2n) is 4.06. The normalized spacial score (nSPS) is 11.7. The van der Waals surface area contributed by atoms with Gasteiger partial charge in [-0.3, -0.25) is 4.79 Å². The van der Waals surface area contributed by atoms with E-state index in [1.165, 1.54) is 16.2 Å². The molecule has 2 heterocycles. The highest BCUT2D eigenvalue weighted by Gasteiger charge is 2.35. The van der Waals surface area contributed by atoms with Gasteiger partial charge in [0.05, 0.1) is 10.9 Å². The zero-order chi connectivity index (χ0) is 15.6. The Morgan fingerprint density at radius 3 is 2.62 bits per heavy atom. The highest BCUT2D eigenvalue weighted by molar-refractivity contribution is 7.16. The third kappa shape index (κ3) is 3.96. The summed E-state index contributed by atoms with van der Waals surface area (Å²) in [7, 11) is 0. The molecule has 3 nitrogen and oxygen atoms in total. The summed E-state index contributed by atoms with van der Waals surface area (Å²) in [5.74, 6) is -0.520. The van der Waals surface area contributed by atoms with Crippen LogP contribution >= 0.6 is 34.3 Å². The second kappa shape index (κ2) is 6.33. The number of rotatable bonds is 4. The molecule has 0 unspecified atom stereocenters. The molecule has 0 spiro atoms. The van der Waals surface area contributed by atoms with Gasteiger partial charge >= 0.3 is 6.18 Å². The molecule has 2 rings (SSSR count). The van der Waals surface area contributed by atoms with Gasteiger partial charge in [0.25, 0.3) is 5.91 Å². The first kappa shape index (κ1) is 16.3. The Bertz CT molecular complexity index is 638. The number of carbonyl (C=O) groups is 1. The van der Waals surface area contributed by atoms with Gasteiger partial charge in [-0.05, 0) is 19.1 Å². The van der Waals surface area contributed by atoms with E-state index in [1.54, 1.807) is 19.1 Å². The van der Waals surface area contributed by atoms with Gasteiger partial charge in [0.15, 0.2) is 5.01 Å². The summed E-state index contributed by atoms with van der Waals surface area (Å²) in [6, 6.07) is 3.50. The van der Waals surface area contributed by atoms with Crippen LogP contribution in [0.4, 0.5) is 13.2 Å². The Morgan fingerprint density at radius 1 is 1.43 bits per heavy atom. The molecule has 0 radical (unpaired) electrons. The largest absolute Gasteiger partial charge is 0.443 e. The number of halogens is 4. The lowest BCUT2D eigenvalue weighted by Crippen LogP contribution is -2.30. The van der Waals surface area contributed by atoms with Crippen LogP contribution in [0.2, 0.25) is 4.34 Å². The number of nitrogens with zero attached hydrogens (tertiary/aromatic N) is 2. The van der Waals surface area contributed by atoms with Crippen LogP contribution in [0, 0.1) is 0 Å². The summed E-state index contributed by atoms with van der Waals surface area (Å²) in [5.41, 5.74) is -0.183. The third-order valence-electron chi connectivity index (χ3n) is 2.61. The van der Waals surface area contributed by atoms with Gasteiger partial charge in [-0.2, -0.15) is 13.2 Å². The number of hydrogen-bond acceptors (Lipinski definition) is 4. The summed E-state index contributed by atoms with van der Waals surface area (Å²) in [4.78, 5) is 17.9. The van der Waals surface area contributed by atoms with Gasteiger partial charge in [-0.15, -0.1) is 22.7 Å². The van der Waals surface area contributed by atoms with Crippen LogP contribution in [0.1, 0.15) is 27.3 Å². The first-order chi connectivity index (χ1) is 9.81. The summed E-state index contributed by atoms with van der Waals surface area (Å²) in [6.45, 7) is 2.42. The van der Waals surface area contributed by atoms with Crippen LogP contribution in [0.5, 0.6) is 0 Å². The predicted molar refractivity (Wildman–Crippen MR) is 76.9 cm³/mol. The van der Waals surface area contributed by atoms with Gasteiger partial charge < -0.3 is 4.90 Å². The van der Waals surface area contributed by atoms with E-state index in [4.69, 9.17) is 11.6 Å². The molecule has 9 heteroatoms. The first-order valence-corrected chi connectivity index (χ1v) is 7.95. The fourth-order valence-corrected chi connectivity index (χ4v) is 3.38. The fourth-order valence-electron chi connectivity index (χ4n) is 1.62. The molecule has 0 saturated heterocycles. The number of thiophene rings is 1. The Hall–Kier alpha value is -1.12. The van der Waals surface area contributed by atoms with E-state index in [0.29, 0.717) is 28.8 Å². The molecule has 0 aliphatic heterocycles. The minimum Gasteiger partial charge on any atom is -0.332 e. The van der Waals surface area contributed by atoms with Crippen LogP contribution in [-0.4, -0.2) is 22.3 Å². The van der Waals surface area contributed by atoms with Crippen LogP contribution in [0.3, 0.4) is 0 Å². The van der Waals surface area contributed by atoms with E-state index in [0.717, 1.165) is 10.3 Å². The molecule has 0 aliphatic rings. The molecule has 0 atom stereocenters. The second-order valence-corrected chi connectivity index (χ2v) is 6.72. The minimum atomic E-state index is -4.53. The van der Waals surface area contributed by atoms with Crippen molar-refractivity contribution in [3.63, 3.8) is 0 Å². The monoisotopic (exact) mass is 354 g/mol. The predicted octanol–water partition coefficient (Wildman–Crippen LogP) is 4.54. The van der Waals surface area contributed by atoms with Gasteiger partial charge in [-0.1, -0.05) is 11.6 Å². The summed E-state index contributed by atoms with van der Waals surface area (Å²) in [5, 5.41) is 0.121. The van der Waals surface area contributed by atoms with Gasteiger partial charge in [0.1, 0.15) is 5.69 Å². The smallest absolute Gasteiger partial charge is 0.332 e. The van der Waals surface area contributed by atoms with E-state index in [-0.39, 0.29) is 5.69 Å².